The molecular formula is C19H20ClN4O2P. The number of hydrogen-bond acceptors (Lipinski definition) is 6. The number of halogens is 1. The van der Waals surface area contributed by atoms with Crippen molar-refractivity contribution < 1.29 is 9.30 Å². The molecule has 140 valence electrons. The topological polar surface area (TPSA) is 76.1 Å². The molecule has 0 aliphatic rings. The molecule has 6 nitrogen and oxygen atoms in total. The van der Waals surface area contributed by atoms with Crippen molar-refractivity contribution in [3.63, 3.8) is 0 Å². The first-order valence-electron chi connectivity index (χ1n) is 8.22. The molecule has 2 aromatic carbocycles. The van der Waals surface area contributed by atoms with Crippen molar-refractivity contribution in [1.29, 1.82) is 0 Å². The van der Waals surface area contributed by atoms with Crippen LogP contribution in [0.5, 0.6) is 5.75 Å². The average molecular weight is 403 g/mol. The Bertz CT molecular complexity index is 1010. The minimum absolute atomic E-state index is 0.364. The Morgan fingerprint density at radius 3 is 2.59 bits per heavy atom. The lowest BCUT2D eigenvalue weighted by Gasteiger charge is -2.15. The van der Waals surface area contributed by atoms with Crippen LogP contribution in [-0.4, -0.2) is 30.4 Å². The van der Waals surface area contributed by atoms with E-state index in [9.17, 15) is 4.57 Å². The van der Waals surface area contributed by atoms with E-state index in [2.05, 4.69) is 20.6 Å². The third kappa shape index (κ3) is 4.79. The molecule has 3 rings (SSSR count). The zero-order valence-electron chi connectivity index (χ0n) is 15.2. The van der Waals surface area contributed by atoms with Crippen LogP contribution in [0, 0.1) is 0 Å². The molecule has 0 bridgehead atoms. The summed E-state index contributed by atoms with van der Waals surface area (Å²) in [5.41, 5.74) is 1.49. The molecule has 0 saturated carbocycles. The number of hydrogen-bond donors (Lipinski definition) is 2. The Labute approximate surface area is 163 Å². The average Bonchev–Trinajstić information content (AvgIpc) is 2.64. The van der Waals surface area contributed by atoms with E-state index in [1.807, 2.05) is 48.5 Å². The van der Waals surface area contributed by atoms with Gasteiger partial charge in [-0.2, -0.15) is 4.98 Å². The molecule has 0 aliphatic heterocycles. The van der Waals surface area contributed by atoms with Gasteiger partial charge in [0.05, 0.1) is 19.0 Å². The minimum atomic E-state index is -2.46. The lowest BCUT2D eigenvalue weighted by Crippen LogP contribution is -2.10. The van der Waals surface area contributed by atoms with Crippen LogP contribution in [-0.2, 0) is 4.57 Å². The molecule has 0 radical (unpaired) electrons. The number of nitrogens with zero attached hydrogens (tertiary/aromatic N) is 2. The van der Waals surface area contributed by atoms with Gasteiger partial charge in [-0.15, -0.1) is 0 Å². The quantitative estimate of drug-likeness (QED) is 0.573. The number of para-hydroxylation sites is 1. The largest absolute Gasteiger partial charge is 0.497 e. The Hall–Kier alpha value is -2.56. The molecule has 1 aromatic heterocycles. The molecule has 0 fully saturated rings. The molecule has 8 heteroatoms. The van der Waals surface area contributed by atoms with Gasteiger partial charge in [-0.05, 0) is 37.6 Å². The summed E-state index contributed by atoms with van der Waals surface area (Å²) in [6, 6.07) is 14.9. The van der Waals surface area contributed by atoms with Crippen LogP contribution in [0.15, 0.2) is 54.7 Å². The van der Waals surface area contributed by atoms with Crippen molar-refractivity contribution in [1.82, 2.24) is 9.97 Å². The number of nitrogens with one attached hydrogen (secondary N) is 2. The molecule has 0 aliphatic carbocycles. The van der Waals surface area contributed by atoms with Gasteiger partial charge in [-0.1, -0.05) is 29.8 Å². The summed E-state index contributed by atoms with van der Waals surface area (Å²) in [5.74, 6) is 1.53. The van der Waals surface area contributed by atoms with Crippen molar-refractivity contribution in [2.45, 2.75) is 0 Å². The van der Waals surface area contributed by atoms with E-state index in [1.165, 1.54) is 6.20 Å². The first-order valence-corrected chi connectivity index (χ1v) is 11.2. The first-order chi connectivity index (χ1) is 12.9. The standard InChI is InChI=1S/C19H20ClN4O2P/c1-26-14-8-6-7-13(11-14)22-19-21-12-15(20)18(24-19)23-16-9-4-5-10-17(16)27(2,3)25/h4-12H,1-3H3,(H2,21,22,23,24). The molecular weight excluding hydrogens is 383 g/mol. The number of ether oxygens (including phenoxy) is 1. The Balaban J connectivity index is 1.90. The summed E-state index contributed by atoms with van der Waals surface area (Å²) in [7, 11) is -0.853. The molecule has 1 heterocycles. The number of benzene rings is 2. The van der Waals surface area contributed by atoms with E-state index in [-0.39, 0.29) is 0 Å². The highest BCUT2D eigenvalue weighted by Gasteiger charge is 2.17. The zero-order chi connectivity index (χ0) is 19.4. The lowest BCUT2D eigenvalue weighted by molar-refractivity contribution is 0.415. The number of aromatic nitrogens is 2. The molecule has 0 saturated heterocycles. The highest BCUT2D eigenvalue weighted by Crippen LogP contribution is 2.38. The van der Waals surface area contributed by atoms with Gasteiger partial charge >= 0.3 is 0 Å². The van der Waals surface area contributed by atoms with Gasteiger partial charge in [-0.25, -0.2) is 4.98 Å². The Morgan fingerprint density at radius 2 is 1.85 bits per heavy atom. The highest BCUT2D eigenvalue weighted by molar-refractivity contribution is 7.70. The van der Waals surface area contributed by atoms with Gasteiger partial charge in [0, 0.05) is 17.1 Å². The smallest absolute Gasteiger partial charge is 0.229 e. The number of rotatable bonds is 6. The second-order valence-corrected chi connectivity index (χ2v) is 9.83. The van der Waals surface area contributed by atoms with Crippen molar-refractivity contribution in [3.05, 3.63) is 59.8 Å². The monoisotopic (exact) mass is 402 g/mol. The number of methoxy groups -OCH3 is 1. The van der Waals surface area contributed by atoms with Gasteiger partial charge in [0.25, 0.3) is 0 Å². The first kappa shape index (κ1) is 19.2. The second kappa shape index (κ2) is 7.99. The van der Waals surface area contributed by atoms with Crippen LogP contribution in [0.3, 0.4) is 0 Å². The summed E-state index contributed by atoms with van der Waals surface area (Å²) in [4.78, 5) is 8.66. The summed E-state index contributed by atoms with van der Waals surface area (Å²) in [6.45, 7) is 3.45. The summed E-state index contributed by atoms with van der Waals surface area (Å²) < 4.78 is 17.8. The van der Waals surface area contributed by atoms with Crippen LogP contribution in [0.1, 0.15) is 0 Å². The van der Waals surface area contributed by atoms with Gasteiger partial charge in [0.1, 0.15) is 17.9 Å². The van der Waals surface area contributed by atoms with E-state index in [0.29, 0.717) is 22.5 Å². The van der Waals surface area contributed by atoms with E-state index in [1.54, 1.807) is 20.4 Å². The summed E-state index contributed by atoms with van der Waals surface area (Å²) >= 11 is 6.26. The predicted molar refractivity (Wildman–Crippen MR) is 112 cm³/mol. The van der Waals surface area contributed by atoms with Gasteiger partial charge in [-0.3, -0.25) is 0 Å². The van der Waals surface area contributed by atoms with Crippen molar-refractivity contribution in [2.24, 2.45) is 0 Å². The van der Waals surface area contributed by atoms with Crippen molar-refractivity contribution in [3.8, 4) is 5.75 Å². The molecule has 0 spiro atoms. The third-order valence-corrected chi connectivity index (χ3v) is 5.63. The Kier molecular flexibility index (Phi) is 5.68. The van der Waals surface area contributed by atoms with Crippen molar-refractivity contribution in [2.75, 3.05) is 31.1 Å². The van der Waals surface area contributed by atoms with E-state index >= 15 is 0 Å². The van der Waals surface area contributed by atoms with Crippen LogP contribution in [0.4, 0.5) is 23.1 Å². The second-order valence-electron chi connectivity index (χ2n) is 6.24. The minimum Gasteiger partial charge on any atom is -0.497 e. The summed E-state index contributed by atoms with van der Waals surface area (Å²) in [5, 5.41) is 7.40. The normalized spacial score (nSPS) is 11.1. The van der Waals surface area contributed by atoms with Gasteiger partial charge < -0.3 is 19.9 Å². The maximum Gasteiger partial charge on any atom is 0.229 e. The van der Waals surface area contributed by atoms with Gasteiger partial charge in [0.15, 0.2) is 5.82 Å². The molecule has 27 heavy (non-hydrogen) atoms. The lowest BCUT2D eigenvalue weighted by atomic mass is 10.3. The fourth-order valence-electron chi connectivity index (χ4n) is 2.52. The molecule has 0 unspecified atom stereocenters. The highest BCUT2D eigenvalue weighted by atomic mass is 35.5. The predicted octanol–water partition coefficient (Wildman–Crippen LogP) is 4.87. The summed E-state index contributed by atoms with van der Waals surface area (Å²) in [6.07, 6.45) is 1.51. The van der Waals surface area contributed by atoms with Crippen LogP contribution in [0.25, 0.3) is 0 Å². The maximum atomic E-state index is 12.6. The molecule has 0 atom stereocenters. The zero-order valence-corrected chi connectivity index (χ0v) is 16.9. The van der Waals surface area contributed by atoms with E-state index in [4.69, 9.17) is 16.3 Å². The third-order valence-electron chi connectivity index (χ3n) is 3.81. The SMILES string of the molecule is COc1cccc(Nc2ncc(Cl)c(Nc3ccccc3P(C)(C)=O)n2)c1. The maximum absolute atomic E-state index is 12.6. The molecule has 2 N–H and O–H groups in total. The van der Waals surface area contributed by atoms with Crippen LogP contribution < -0.4 is 20.7 Å². The van der Waals surface area contributed by atoms with E-state index in [0.717, 1.165) is 16.7 Å². The Morgan fingerprint density at radius 1 is 1.07 bits per heavy atom. The molecule has 3 aromatic rings. The van der Waals surface area contributed by atoms with Gasteiger partial charge in [0.2, 0.25) is 5.95 Å². The van der Waals surface area contributed by atoms with Crippen LogP contribution >= 0.6 is 18.7 Å². The fraction of sp³-hybridized carbons (Fsp3) is 0.158. The van der Waals surface area contributed by atoms with E-state index < -0.39 is 7.14 Å². The fourth-order valence-corrected chi connectivity index (χ4v) is 3.82. The number of anilines is 4. The van der Waals surface area contributed by atoms with Crippen LogP contribution in [0.2, 0.25) is 5.02 Å². The molecule has 0 amide bonds. The van der Waals surface area contributed by atoms with Crippen molar-refractivity contribution >= 4 is 47.2 Å².